The lowest BCUT2D eigenvalue weighted by molar-refractivity contribution is 0.105. The predicted molar refractivity (Wildman–Crippen MR) is 134 cm³/mol. The highest BCUT2D eigenvalue weighted by molar-refractivity contribution is 7.89. The van der Waals surface area contributed by atoms with Gasteiger partial charge in [-0.2, -0.15) is 4.31 Å². The van der Waals surface area contributed by atoms with Gasteiger partial charge < -0.3 is 10.7 Å². The van der Waals surface area contributed by atoms with Gasteiger partial charge in [0, 0.05) is 55.4 Å². The zero-order chi connectivity index (χ0) is 24.2. The molecule has 1 saturated heterocycles. The molecule has 0 amide bonds. The third kappa shape index (κ3) is 6.19. The van der Waals surface area contributed by atoms with E-state index in [1.807, 2.05) is 26.0 Å². The van der Waals surface area contributed by atoms with Crippen LogP contribution in [0.15, 0.2) is 36.4 Å². The first-order valence-electron chi connectivity index (χ1n) is 11.5. The Labute approximate surface area is 197 Å². The van der Waals surface area contributed by atoms with Crippen molar-refractivity contribution in [2.24, 2.45) is 5.92 Å². The first-order chi connectivity index (χ1) is 15.6. The van der Waals surface area contributed by atoms with E-state index in [4.69, 9.17) is 5.41 Å². The van der Waals surface area contributed by atoms with Gasteiger partial charge in [-0.15, -0.1) is 0 Å². The average Bonchev–Trinajstić information content (AvgIpc) is 2.75. The van der Waals surface area contributed by atoms with Crippen molar-refractivity contribution in [3.63, 3.8) is 0 Å². The molecule has 33 heavy (non-hydrogen) atoms. The molecule has 180 valence electrons. The molecule has 0 aliphatic carbocycles. The molecular weight excluding hydrogens is 439 g/mol. The lowest BCUT2D eigenvalue weighted by Gasteiger charge is -2.42. The fourth-order valence-electron chi connectivity index (χ4n) is 4.44. The van der Waals surface area contributed by atoms with Gasteiger partial charge in [-0.25, -0.2) is 12.8 Å². The Morgan fingerprint density at radius 2 is 1.91 bits per heavy atom. The second-order valence-electron chi connectivity index (χ2n) is 9.15. The van der Waals surface area contributed by atoms with E-state index in [0.717, 1.165) is 29.0 Å². The summed E-state index contributed by atoms with van der Waals surface area (Å²) in [4.78, 5) is 2.37. The molecule has 1 heterocycles. The number of benzene rings is 2. The average molecular weight is 475 g/mol. The number of nitrogens with one attached hydrogen (secondary N) is 2. The predicted octanol–water partition coefficient (Wildman–Crippen LogP) is 4.93. The fraction of sp³-hybridized carbons (Fsp3) is 0.480. The highest BCUT2D eigenvalue weighted by Crippen LogP contribution is 2.33. The fourth-order valence-corrected chi connectivity index (χ4v) is 5.94. The van der Waals surface area contributed by atoms with Gasteiger partial charge in [-0.1, -0.05) is 20.8 Å². The first-order valence-corrected chi connectivity index (χ1v) is 13.1. The maximum absolute atomic E-state index is 13.3. The molecule has 8 heteroatoms. The largest absolute Gasteiger partial charge is 0.355 e. The van der Waals surface area contributed by atoms with Crippen LogP contribution in [0.1, 0.15) is 49.9 Å². The molecule has 1 aliphatic heterocycles. The summed E-state index contributed by atoms with van der Waals surface area (Å²) in [6, 6.07) is 10.0. The summed E-state index contributed by atoms with van der Waals surface area (Å²) in [5, 5.41) is 11.3. The standard InChI is InChI=1S/C25H35FN4O2S/c1-5-12-33(31,32)30-11-10-29(16-18(2)3)25(17-30)23-14-20(15-27)24(13-19(23)4)28-22-8-6-21(26)7-9-22/h6-9,13-15,18,25,27-28H,5,10-12,16-17H2,1-4H3/t25-/m1/s1. The lowest BCUT2D eigenvalue weighted by atomic mass is 9.94. The lowest BCUT2D eigenvalue weighted by Crippen LogP contribution is -2.51. The Hall–Kier alpha value is -2.29. The van der Waals surface area contributed by atoms with Crippen LogP contribution in [0.2, 0.25) is 0 Å². The van der Waals surface area contributed by atoms with Gasteiger partial charge in [0.25, 0.3) is 0 Å². The molecular formula is C25H35FN4O2S. The van der Waals surface area contributed by atoms with Crippen LogP contribution in [-0.2, 0) is 10.0 Å². The maximum atomic E-state index is 13.3. The molecule has 0 radical (unpaired) electrons. The van der Waals surface area contributed by atoms with Gasteiger partial charge >= 0.3 is 0 Å². The van der Waals surface area contributed by atoms with Crippen molar-refractivity contribution in [3.05, 3.63) is 58.9 Å². The molecule has 2 aromatic rings. The van der Waals surface area contributed by atoms with Crippen molar-refractivity contribution in [2.75, 3.05) is 37.2 Å². The molecule has 2 aromatic carbocycles. The van der Waals surface area contributed by atoms with Crippen molar-refractivity contribution in [1.82, 2.24) is 9.21 Å². The summed E-state index contributed by atoms with van der Waals surface area (Å²) in [5.41, 5.74) is 4.27. The molecule has 3 rings (SSSR count). The number of sulfonamides is 1. The van der Waals surface area contributed by atoms with E-state index >= 15 is 0 Å². The van der Waals surface area contributed by atoms with Gasteiger partial charge in [-0.3, -0.25) is 4.90 Å². The van der Waals surface area contributed by atoms with Gasteiger partial charge in [0.2, 0.25) is 10.0 Å². The molecule has 1 atom stereocenters. The van der Waals surface area contributed by atoms with E-state index in [2.05, 4.69) is 24.1 Å². The summed E-state index contributed by atoms with van der Waals surface area (Å²) in [6.45, 7) is 10.7. The van der Waals surface area contributed by atoms with E-state index in [1.54, 1.807) is 16.4 Å². The summed E-state index contributed by atoms with van der Waals surface area (Å²) in [5.74, 6) is 0.313. The first kappa shape index (κ1) is 25.3. The Morgan fingerprint density at radius 1 is 1.21 bits per heavy atom. The number of piperazine rings is 1. The third-order valence-corrected chi connectivity index (χ3v) is 8.03. The number of halogens is 1. The van der Waals surface area contributed by atoms with Crippen LogP contribution in [0.3, 0.4) is 0 Å². The number of aryl methyl sites for hydroxylation is 1. The van der Waals surface area contributed by atoms with Crippen molar-refractivity contribution < 1.29 is 12.8 Å². The van der Waals surface area contributed by atoms with Crippen LogP contribution in [0, 0.1) is 24.1 Å². The Morgan fingerprint density at radius 3 is 2.52 bits per heavy atom. The number of nitrogens with zero attached hydrogens (tertiary/aromatic N) is 2. The van der Waals surface area contributed by atoms with Gasteiger partial charge in [0.05, 0.1) is 5.75 Å². The van der Waals surface area contributed by atoms with Crippen LogP contribution in [0.25, 0.3) is 0 Å². The summed E-state index contributed by atoms with van der Waals surface area (Å²) in [6.07, 6.45) is 1.90. The van der Waals surface area contributed by atoms with Crippen molar-refractivity contribution in [1.29, 1.82) is 5.41 Å². The highest BCUT2D eigenvalue weighted by atomic mass is 32.2. The van der Waals surface area contributed by atoms with Crippen molar-refractivity contribution in [2.45, 2.75) is 40.2 Å². The maximum Gasteiger partial charge on any atom is 0.214 e. The van der Waals surface area contributed by atoms with E-state index in [9.17, 15) is 12.8 Å². The van der Waals surface area contributed by atoms with Crippen LogP contribution < -0.4 is 5.32 Å². The number of rotatable bonds is 9. The van der Waals surface area contributed by atoms with Crippen LogP contribution >= 0.6 is 0 Å². The number of hydrogen-bond donors (Lipinski definition) is 2. The molecule has 1 fully saturated rings. The topological polar surface area (TPSA) is 76.5 Å². The second-order valence-corrected chi connectivity index (χ2v) is 11.2. The molecule has 0 saturated carbocycles. The molecule has 0 spiro atoms. The van der Waals surface area contributed by atoms with Crippen LogP contribution in [0.5, 0.6) is 0 Å². The van der Waals surface area contributed by atoms with E-state index in [-0.39, 0.29) is 17.6 Å². The minimum atomic E-state index is -3.29. The van der Waals surface area contributed by atoms with Crippen molar-refractivity contribution in [3.8, 4) is 0 Å². The number of anilines is 2. The molecule has 1 aliphatic rings. The molecule has 0 unspecified atom stereocenters. The minimum absolute atomic E-state index is 0.0775. The Bertz CT molecular complexity index is 1070. The molecule has 0 aromatic heterocycles. The van der Waals surface area contributed by atoms with E-state index < -0.39 is 10.0 Å². The van der Waals surface area contributed by atoms with E-state index in [0.29, 0.717) is 37.5 Å². The third-order valence-electron chi connectivity index (χ3n) is 5.99. The zero-order valence-corrected chi connectivity index (χ0v) is 20.8. The monoisotopic (exact) mass is 474 g/mol. The van der Waals surface area contributed by atoms with Gasteiger partial charge in [0.15, 0.2) is 0 Å². The molecule has 0 bridgehead atoms. The zero-order valence-electron chi connectivity index (χ0n) is 19.9. The minimum Gasteiger partial charge on any atom is -0.355 e. The van der Waals surface area contributed by atoms with Gasteiger partial charge in [0.1, 0.15) is 5.82 Å². The summed E-state index contributed by atoms with van der Waals surface area (Å²) < 4.78 is 40.5. The SMILES string of the molecule is CCCS(=O)(=O)N1CCN(CC(C)C)[C@@H](c2cc(C=N)c(Nc3ccc(F)cc3)cc2C)C1. The van der Waals surface area contributed by atoms with Crippen molar-refractivity contribution >= 4 is 27.6 Å². The summed E-state index contributed by atoms with van der Waals surface area (Å²) >= 11 is 0. The van der Waals surface area contributed by atoms with Crippen LogP contribution in [-0.4, -0.2) is 55.8 Å². The Balaban J connectivity index is 1.97. The molecule has 6 nitrogen and oxygen atoms in total. The quantitative estimate of drug-likeness (QED) is 0.505. The normalized spacial score (nSPS) is 17.9. The smallest absolute Gasteiger partial charge is 0.214 e. The van der Waals surface area contributed by atoms with Crippen LogP contribution in [0.4, 0.5) is 15.8 Å². The second kappa shape index (κ2) is 10.8. The van der Waals surface area contributed by atoms with Gasteiger partial charge in [-0.05, 0) is 66.8 Å². The highest BCUT2D eigenvalue weighted by Gasteiger charge is 2.34. The summed E-state index contributed by atoms with van der Waals surface area (Å²) in [7, 11) is -3.29. The Kier molecular flexibility index (Phi) is 8.26. The number of hydrogen-bond acceptors (Lipinski definition) is 5. The van der Waals surface area contributed by atoms with E-state index in [1.165, 1.54) is 18.3 Å². The molecule has 2 N–H and O–H groups in total.